The number of methoxy groups -OCH3 is 1. The molecule has 5 nitrogen and oxygen atoms in total. The fourth-order valence-electron chi connectivity index (χ4n) is 1.95. The Morgan fingerprint density at radius 2 is 1.95 bits per heavy atom. The van der Waals surface area contributed by atoms with E-state index in [-0.39, 0.29) is 12.7 Å². The molecule has 1 amide bonds. The van der Waals surface area contributed by atoms with Gasteiger partial charge in [-0.05, 0) is 30.2 Å². The van der Waals surface area contributed by atoms with Gasteiger partial charge in [-0.3, -0.25) is 0 Å². The SMILES string of the molecule is COCOC(CC(C)C)(OC(N)=O)c1ccc(F)cc1. The van der Waals surface area contributed by atoms with Crippen molar-refractivity contribution in [3.63, 3.8) is 0 Å². The lowest BCUT2D eigenvalue weighted by Gasteiger charge is -2.34. The summed E-state index contributed by atoms with van der Waals surface area (Å²) in [5.41, 5.74) is 5.64. The van der Waals surface area contributed by atoms with Crippen LogP contribution in [0.25, 0.3) is 0 Å². The number of amides is 1. The molecule has 1 aromatic carbocycles. The molecule has 6 heteroatoms. The monoisotopic (exact) mass is 285 g/mol. The molecule has 0 aliphatic rings. The van der Waals surface area contributed by atoms with Crippen LogP contribution in [0.3, 0.4) is 0 Å². The zero-order chi connectivity index (χ0) is 15.2. The van der Waals surface area contributed by atoms with Crippen molar-refractivity contribution in [3.05, 3.63) is 35.6 Å². The molecule has 0 radical (unpaired) electrons. The highest BCUT2D eigenvalue weighted by Gasteiger charge is 2.38. The van der Waals surface area contributed by atoms with Gasteiger partial charge < -0.3 is 19.9 Å². The number of hydrogen-bond donors (Lipinski definition) is 1. The number of carbonyl (C=O) groups excluding carboxylic acids is 1. The summed E-state index contributed by atoms with van der Waals surface area (Å²) >= 11 is 0. The summed E-state index contributed by atoms with van der Waals surface area (Å²) in [6.45, 7) is 3.80. The van der Waals surface area contributed by atoms with Gasteiger partial charge in [-0.25, -0.2) is 9.18 Å². The van der Waals surface area contributed by atoms with Crippen LogP contribution in [0.2, 0.25) is 0 Å². The highest BCUT2D eigenvalue weighted by atomic mass is 19.1. The lowest BCUT2D eigenvalue weighted by Crippen LogP contribution is -2.39. The fraction of sp³-hybridized carbons (Fsp3) is 0.500. The Bertz CT molecular complexity index is 435. The average Bonchev–Trinajstić information content (AvgIpc) is 2.35. The van der Waals surface area contributed by atoms with Gasteiger partial charge >= 0.3 is 6.09 Å². The molecule has 2 N–H and O–H groups in total. The van der Waals surface area contributed by atoms with Crippen molar-refractivity contribution in [1.82, 2.24) is 0 Å². The van der Waals surface area contributed by atoms with Gasteiger partial charge in [0.05, 0.1) is 0 Å². The van der Waals surface area contributed by atoms with Crippen molar-refractivity contribution >= 4 is 6.09 Å². The van der Waals surface area contributed by atoms with Gasteiger partial charge in [0.1, 0.15) is 5.82 Å². The van der Waals surface area contributed by atoms with Crippen LogP contribution in [0.5, 0.6) is 0 Å². The molecule has 0 fully saturated rings. The summed E-state index contributed by atoms with van der Waals surface area (Å²) < 4.78 is 28.7. The smallest absolute Gasteiger partial charge is 0.407 e. The van der Waals surface area contributed by atoms with E-state index >= 15 is 0 Å². The number of rotatable bonds is 7. The molecule has 1 atom stereocenters. The predicted octanol–water partition coefficient (Wildman–Crippen LogP) is 2.74. The van der Waals surface area contributed by atoms with Crippen LogP contribution in [-0.2, 0) is 20.0 Å². The van der Waals surface area contributed by atoms with E-state index < -0.39 is 17.7 Å². The summed E-state index contributed by atoms with van der Waals surface area (Å²) in [6.07, 6.45) is -0.601. The maximum Gasteiger partial charge on any atom is 0.407 e. The molecular formula is C14H20FNO4. The zero-order valence-electron chi connectivity index (χ0n) is 11.9. The number of nitrogens with two attached hydrogens (primary N) is 1. The van der Waals surface area contributed by atoms with E-state index in [9.17, 15) is 9.18 Å². The van der Waals surface area contributed by atoms with Gasteiger partial charge in [-0.15, -0.1) is 0 Å². The molecule has 0 saturated carbocycles. The maximum atomic E-state index is 13.1. The number of hydrogen-bond acceptors (Lipinski definition) is 4. The second-order valence-corrected chi connectivity index (χ2v) is 4.83. The molecule has 0 spiro atoms. The maximum absolute atomic E-state index is 13.1. The Labute approximate surface area is 117 Å². The lowest BCUT2D eigenvalue weighted by atomic mass is 9.95. The normalized spacial score (nSPS) is 14.1. The molecule has 0 aliphatic heterocycles. The number of carbonyl (C=O) groups is 1. The van der Waals surface area contributed by atoms with Crippen molar-refractivity contribution < 1.29 is 23.4 Å². The second kappa shape index (κ2) is 7.21. The first kappa shape index (κ1) is 16.4. The Kier molecular flexibility index (Phi) is 5.91. The molecule has 20 heavy (non-hydrogen) atoms. The van der Waals surface area contributed by atoms with Crippen molar-refractivity contribution in [1.29, 1.82) is 0 Å². The number of ether oxygens (including phenoxy) is 3. The minimum atomic E-state index is -1.39. The van der Waals surface area contributed by atoms with E-state index in [1.165, 1.54) is 31.4 Å². The van der Waals surface area contributed by atoms with Crippen molar-refractivity contribution in [2.45, 2.75) is 26.1 Å². The average molecular weight is 285 g/mol. The van der Waals surface area contributed by atoms with E-state index in [2.05, 4.69) is 0 Å². The first-order valence-corrected chi connectivity index (χ1v) is 6.27. The number of halogens is 1. The second-order valence-electron chi connectivity index (χ2n) is 4.83. The molecule has 0 saturated heterocycles. The lowest BCUT2D eigenvalue weighted by molar-refractivity contribution is -0.255. The van der Waals surface area contributed by atoms with E-state index in [0.29, 0.717) is 12.0 Å². The third-order valence-corrected chi connectivity index (χ3v) is 2.64. The largest absolute Gasteiger partial charge is 0.412 e. The molecule has 0 heterocycles. The van der Waals surface area contributed by atoms with Crippen LogP contribution in [-0.4, -0.2) is 20.0 Å². The third-order valence-electron chi connectivity index (χ3n) is 2.64. The molecule has 1 rings (SSSR count). The van der Waals surface area contributed by atoms with E-state index in [1.54, 1.807) is 0 Å². The minimum Gasteiger partial charge on any atom is -0.412 e. The molecule has 112 valence electrons. The molecule has 1 aromatic rings. The van der Waals surface area contributed by atoms with Gasteiger partial charge in [0.25, 0.3) is 0 Å². The molecule has 0 aliphatic carbocycles. The molecule has 0 aromatic heterocycles. The van der Waals surface area contributed by atoms with Crippen LogP contribution in [0.1, 0.15) is 25.8 Å². The van der Waals surface area contributed by atoms with Gasteiger partial charge in [0.15, 0.2) is 6.79 Å². The zero-order valence-corrected chi connectivity index (χ0v) is 11.9. The van der Waals surface area contributed by atoms with E-state index in [0.717, 1.165) is 0 Å². The Hall–Kier alpha value is -1.66. The van der Waals surface area contributed by atoms with Crippen LogP contribution in [0.15, 0.2) is 24.3 Å². The van der Waals surface area contributed by atoms with Crippen LogP contribution in [0.4, 0.5) is 9.18 Å². The molecular weight excluding hydrogens is 265 g/mol. The quantitative estimate of drug-likeness (QED) is 0.782. The predicted molar refractivity (Wildman–Crippen MR) is 71.2 cm³/mol. The van der Waals surface area contributed by atoms with Gasteiger partial charge in [-0.1, -0.05) is 13.8 Å². The summed E-state index contributed by atoms with van der Waals surface area (Å²) in [7, 11) is 1.45. The standard InChI is InChI=1S/C14H20FNO4/c1-10(2)8-14(19-9-18-3,20-13(16)17)11-4-6-12(15)7-5-11/h4-7,10H,8-9H2,1-3H3,(H2,16,17). The topological polar surface area (TPSA) is 70.8 Å². The highest BCUT2D eigenvalue weighted by molar-refractivity contribution is 5.65. The summed E-state index contributed by atoms with van der Waals surface area (Å²) in [6, 6.07) is 5.53. The number of primary amides is 1. The van der Waals surface area contributed by atoms with Crippen molar-refractivity contribution in [2.75, 3.05) is 13.9 Å². The van der Waals surface area contributed by atoms with Crippen molar-refractivity contribution in [3.8, 4) is 0 Å². The van der Waals surface area contributed by atoms with Gasteiger partial charge in [0.2, 0.25) is 5.79 Å². The third kappa shape index (κ3) is 4.47. The molecule has 0 bridgehead atoms. The Morgan fingerprint density at radius 1 is 1.35 bits per heavy atom. The Morgan fingerprint density at radius 3 is 2.40 bits per heavy atom. The summed E-state index contributed by atoms with van der Waals surface area (Å²) in [5.74, 6) is -1.63. The fourth-order valence-corrected chi connectivity index (χ4v) is 1.95. The highest BCUT2D eigenvalue weighted by Crippen LogP contribution is 2.34. The van der Waals surface area contributed by atoms with Crippen LogP contribution < -0.4 is 5.73 Å². The number of benzene rings is 1. The first-order valence-electron chi connectivity index (χ1n) is 6.27. The van der Waals surface area contributed by atoms with Crippen LogP contribution >= 0.6 is 0 Å². The Balaban J connectivity index is 3.18. The van der Waals surface area contributed by atoms with Crippen LogP contribution in [0, 0.1) is 11.7 Å². The van der Waals surface area contributed by atoms with E-state index in [4.69, 9.17) is 19.9 Å². The van der Waals surface area contributed by atoms with E-state index in [1.807, 2.05) is 13.8 Å². The minimum absolute atomic E-state index is 0.0859. The summed E-state index contributed by atoms with van der Waals surface area (Å²) in [4.78, 5) is 11.2. The van der Waals surface area contributed by atoms with Crippen molar-refractivity contribution in [2.24, 2.45) is 11.7 Å². The summed E-state index contributed by atoms with van der Waals surface area (Å²) in [5, 5.41) is 0. The van der Waals surface area contributed by atoms with Gasteiger partial charge in [0, 0.05) is 19.1 Å². The first-order chi connectivity index (χ1) is 9.39. The molecule has 1 unspecified atom stereocenters. The van der Waals surface area contributed by atoms with Gasteiger partial charge in [-0.2, -0.15) is 0 Å².